The van der Waals surface area contributed by atoms with Gasteiger partial charge in [0.15, 0.2) is 0 Å². The summed E-state index contributed by atoms with van der Waals surface area (Å²) in [7, 11) is 0. The fourth-order valence-electron chi connectivity index (χ4n) is 3.89. The summed E-state index contributed by atoms with van der Waals surface area (Å²) in [6.45, 7) is 2.17. The van der Waals surface area contributed by atoms with Crippen molar-refractivity contribution in [3.63, 3.8) is 0 Å². The molecule has 2 nitrogen and oxygen atoms in total. The van der Waals surface area contributed by atoms with Gasteiger partial charge >= 0.3 is 0 Å². The molecule has 2 atom stereocenters. The van der Waals surface area contributed by atoms with Crippen LogP contribution in [-0.4, -0.2) is 17.7 Å². The highest BCUT2D eigenvalue weighted by Crippen LogP contribution is 2.55. The lowest BCUT2D eigenvalue weighted by atomic mass is 9.90. The minimum atomic E-state index is 0.304. The Morgan fingerprint density at radius 1 is 1.19 bits per heavy atom. The van der Waals surface area contributed by atoms with E-state index in [1.807, 2.05) is 0 Å². The summed E-state index contributed by atoms with van der Waals surface area (Å²) in [6.07, 6.45) is 12.4. The van der Waals surface area contributed by atoms with E-state index in [1.54, 1.807) is 0 Å². The van der Waals surface area contributed by atoms with Gasteiger partial charge in [0.05, 0.1) is 11.7 Å². The number of hydrogen-bond acceptors (Lipinski definition) is 2. The van der Waals surface area contributed by atoms with Gasteiger partial charge in [-0.05, 0) is 57.3 Å². The second-order valence-electron chi connectivity index (χ2n) is 6.52. The maximum absolute atomic E-state index is 6.38. The van der Waals surface area contributed by atoms with Gasteiger partial charge in [-0.2, -0.15) is 0 Å². The summed E-state index contributed by atoms with van der Waals surface area (Å²) in [6, 6.07) is 0.358. The zero-order valence-corrected chi connectivity index (χ0v) is 10.5. The lowest BCUT2D eigenvalue weighted by Gasteiger charge is -2.27. The molecule has 3 aliphatic rings. The van der Waals surface area contributed by atoms with Crippen molar-refractivity contribution in [2.45, 2.75) is 82.5 Å². The minimum Gasteiger partial charge on any atom is -0.372 e. The molecular formula is C14H25NO. The Bertz CT molecular complexity index is 264. The normalized spacial score (nSPS) is 36.8. The molecule has 0 bridgehead atoms. The number of hydrogen-bond donors (Lipinski definition) is 1. The first-order valence-corrected chi connectivity index (χ1v) is 7.08. The topological polar surface area (TPSA) is 35.2 Å². The molecule has 3 rings (SSSR count). The van der Waals surface area contributed by atoms with Crippen molar-refractivity contribution in [2.75, 3.05) is 0 Å². The Kier molecular flexibility index (Phi) is 2.56. The number of nitrogens with two attached hydrogens (primary N) is 1. The van der Waals surface area contributed by atoms with Crippen LogP contribution in [0.15, 0.2) is 0 Å². The molecule has 2 unspecified atom stereocenters. The van der Waals surface area contributed by atoms with Crippen molar-refractivity contribution in [1.82, 2.24) is 0 Å². The van der Waals surface area contributed by atoms with E-state index in [4.69, 9.17) is 10.5 Å². The van der Waals surface area contributed by atoms with Crippen molar-refractivity contribution in [3.8, 4) is 0 Å². The third kappa shape index (κ3) is 1.80. The van der Waals surface area contributed by atoms with Crippen LogP contribution in [0.3, 0.4) is 0 Å². The molecule has 1 spiro atoms. The largest absolute Gasteiger partial charge is 0.372 e. The summed E-state index contributed by atoms with van der Waals surface area (Å²) >= 11 is 0. The molecule has 2 aliphatic carbocycles. The first kappa shape index (κ1) is 11.0. The van der Waals surface area contributed by atoms with Gasteiger partial charge in [0.25, 0.3) is 0 Å². The summed E-state index contributed by atoms with van der Waals surface area (Å²) in [5, 5.41) is 0. The van der Waals surface area contributed by atoms with Crippen molar-refractivity contribution in [2.24, 2.45) is 11.1 Å². The second kappa shape index (κ2) is 3.71. The van der Waals surface area contributed by atoms with Gasteiger partial charge in [0.1, 0.15) is 0 Å². The lowest BCUT2D eigenvalue weighted by molar-refractivity contribution is -0.0469. The minimum absolute atomic E-state index is 0.304. The third-order valence-electron chi connectivity index (χ3n) is 5.35. The van der Waals surface area contributed by atoms with E-state index in [1.165, 1.54) is 57.8 Å². The van der Waals surface area contributed by atoms with Crippen molar-refractivity contribution in [3.05, 3.63) is 0 Å². The molecule has 2 N–H and O–H groups in total. The van der Waals surface area contributed by atoms with Gasteiger partial charge in [-0.3, -0.25) is 0 Å². The van der Waals surface area contributed by atoms with Crippen LogP contribution in [0.4, 0.5) is 0 Å². The molecule has 1 aliphatic heterocycles. The average molecular weight is 223 g/mol. The van der Waals surface area contributed by atoms with Gasteiger partial charge in [-0.25, -0.2) is 0 Å². The van der Waals surface area contributed by atoms with Crippen molar-refractivity contribution in [1.29, 1.82) is 0 Å². The average Bonchev–Trinajstić information content (AvgIpc) is 2.72. The highest BCUT2D eigenvalue weighted by atomic mass is 16.5. The monoisotopic (exact) mass is 223 g/mol. The van der Waals surface area contributed by atoms with E-state index in [0.717, 1.165) is 0 Å². The molecule has 0 aromatic heterocycles. The molecule has 1 saturated heterocycles. The smallest absolute Gasteiger partial charge is 0.0687 e. The van der Waals surface area contributed by atoms with Gasteiger partial charge in [-0.1, -0.05) is 12.8 Å². The van der Waals surface area contributed by atoms with Crippen molar-refractivity contribution >= 4 is 0 Å². The SMILES string of the molecule is CC(N)C1(CC2CCC3(CCCC3)O2)CC1. The standard InChI is InChI=1S/C14H25NO/c1-11(15)13(8-9-13)10-12-4-7-14(16-12)5-2-3-6-14/h11-12H,2-10,15H2,1H3. The lowest BCUT2D eigenvalue weighted by Crippen LogP contribution is -2.32. The molecule has 3 fully saturated rings. The quantitative estimate of drug-likeness (QED) is 0.798. The number of rotatable bonds is 3. The van der Waals surface area contributed by atoms with Crippen LogP contribution in [0.25, 0.3) is 0 Å². The zero-order valence-electron chi connectivity index (χ0n) is 10.5. The van der Waals surface area contributed by atoms with E-state index in [2.05, 4.69) is 6.92 Å². The molecule has 2 saturated carbocycles. The predicted octanol–water partition coefficient (Wildman–Crippen LogP) is 3.00. The molecule has 0 amide bonds. The highest BCUT2D eigenvalue weighted by Gasteiger charge is 2.50. The molecule has 0 aromatic carbocycles. The molecule has 92 valence electrons. The predicted molar refractivity (Wildman–Crippen MR) is 65.2 cm³/mol. The van der Waals surface area contributed by atoms with Crippen LogP contribution >= 0.6 is 0 Å². The first-order valence-electron chi connectivity index (χ1n) is 7.08. The second-order valence-corrected chi connectivity index (χ2v) is 6.52. The van der Waals surface area contributed by atoms with Crippen LogP contribution in [0.1, 0.15) is 64.7 Å². The van der Waals surface area contributed by atoms with Crippen LogP contribution in [-0.2, 0) is 4.74 Å². The van der Waals surface area contributed by atoms with Crippen LogP contribution in [0.2, 0.25) is 0 Å². The molecule has 16 heavy (non-hydrogen) atoms. The maximum atomic E-state index is 6.38. The number of ether oxygens (including phenoxy) is 1. The van der Waals surface area contributed by atoms with Crippen LogP contribution in [0.5, 0.6) is 0 Å². The van der Waals surface area contributed by atoms with E-state index in [9.17, 15) is 0 Å². The Morgan fingerprint density at radius 2 is 1.88 bits per heavy atom. The Balaban J connectivity index is 1.58. The van der Waals surface area contributed by atoms with Gasteiger partial charge in [0, 0.05) is 6.04 Å². The van der Waals surface area contributed by atoms with Gasteiger partial charge in [0.2, 0.25) is 0 Å². The fraction of sp³-hybridized carbons (Fsp3) is 1.00. The van der Waals surface area contributed by atoms with Crippen LogP contribution in [0, 0.1) is 5.41 Å². The summed E-state index contributed by atoms with van der Waals surface area (Å²) in [5.74, 6) is 0. The Morgan fingerprint density at radius 3 is 2.44 bits per heavy atom. The molecular weight excluding hydrogens is 198 g/mol. The van der Waals surface area contributed by atoms with Crippen molar-refractivity contribution < 1.29 is 4.74 Å². The molecule has 2 heteroatoms. The van der Waals surface area contributed by atoms with Crippen LogP contribution < -0.4 is 5.73 Å². The highest BCUT2D eigenvalue weighted by molar-refractivity contribution is 5.03. The Hall–Kier alpha value is -0.0800. The summed E-state index contributed by atoms with van der Waals surface area (Å²) in [4.78, 5) is 0. The summed E-state index contributed by atoms with van der Waals surface area (Å²) < 4.78 is 6.38. The maximum Gasteiger partial charge on any atom is 0.0687 e. The molecule has 0 radical (unpaired) electrons. The van der Waals surface area contributed by atoms with Gasteiger partial charge < -0.3 is 10.5 Å². The molecule has 1 heterocycles. The third-order valence-corrected chi connectivity index (χ3v) is 5.35. The summed E-state index contributed by atoms with van der Waals surface area (Å²) in [5.41, 5.74) is 6.86. The van der Waals surface area contributed by atoms with E-state index < -0.39 is 0 Å². The van der Waals surface area contributed by atoms with Gasteiger partial charge in [-0.15, -0.1) is 0 Å². The first-order chi connectivity index (χ1) is 7.64. The van der Waals surface area contributed by atoms with E-state index >= 15 is 0 Å². The Labute approximate surface area is 98.9 Å². The molecule has 0 aromatic rings. The zero-order chi connectivity index (χ0) is 11.2. The van der Waals surface area contributed by atoms with E-state index in [0.29, 0.717) is 23.2 Å². The van der Waals surface area contributed by atoms with E-state index in [-0.39, 0.29) is 0 Å². The fourth-order valence-corrected chi connectivity index (χ4v) is 3.89.